The predicted molar refractivity (Wildman–Crippen MR) is 108 cm³/mol. The lowest BCUT2D eigenvalue weighted by Gasteiger charge is -2.58. The maximum Gasteiger partial charge on any atom is 0.303 e. The number of carbonyl (C=O) groups excluding carboxylic acids is 1. The second-order valence-electron chi connectivity index (χ2n) is 10.8. The van der Waals surface area contributed by atoms with E-state index < -0.39 is 5.97 Å². The van der Waals surface area contributed by atoms with E-state index >= 15 is 0 Å². The van der Waals surface area contributed by atoms with Gasteiger partial charge >= 0.3 is 5.97 Å². The number of aliphatic hydroxyl groups excluding tert-OH is 1. The van der Waals surface area contributed by atoms with E-state index in [4.69, 9.17) is 5.11 Å². The highest BCUT2D eigenvalue weighted by molar-refractivity contribution is 5.84. The van der Waals surface area contributed by atoms with Crippen molar-refractivity contribution in [3.8, 4) is 0 Å². The zero-order valence-corrected chi connectivity index (χ0v) is 17.6. The number of aliphatic carboxylic acids is 1. The number of carboxylic acid groups (broad SMARTS) is 1. The minimum Gasteiger partial charge on any atom is -0.481 e. The van der Waals surface area contributed by atoms with Crippen LogP contribution >= 0.6 is 0 Å². The number of hydrogen-bond donors (Lipinski definition) is 2. The van der Waals surface area contributed by atoms with Crippen LogP contribution in [0.4, 0.5) is 0 Å². The highest BCUT2D eigenvalue weighted by Gasteiger charge is 2.61. The number of ketones is 1. The van der Waals surface area contributed by atoms with Gasteiger partial charge in [-0.25, -0.2) is 0 Å². The fraction of sp³-hybridized carbons (Fsp3) is 0.833. The van der Waals surface area contributed by atoms with Gasteiger partial charge in [-0.1, -0.05) is 32.9 Å². The van der Waals surface area contributed by atoms with Crippen molar-refractivity contribution >= 4 is 11.8 Å². The van der Waals surface area contributed by atoms with Crippen molar-refractivity contribution in [2.24, 2.45) is 46.3 Å². The maximum atomic E-state index is 13.3. The summed E-state index contributed by atoms with van der Waals surface area (Å²) in [7, 11) is 0. The molecule has 0 saturated heterocycles. The van der Waals surface area contributed by atoms with Gasteiger partial charge in [0, 0.05) is 18.8 Å². The molecule has 0 aromatic carbocycles. The van der Waals surface area contributed by atoms with Crippen LogP contribution in [0, 0.1) is 46.3 Å². The average Bonchev–Trinajstić information content (AvgIpc) is 2.98. The van der Waals surface area contributed by atoms with E-state index in [2.05, 4.69) is 32.9 Å². The standard InChI is InChI=1S/C24H36O4/c1-14(4-7-21(27)28)17-5-6-18-22-19(9-11-24(17,18)3)23(2)10-8-16(25)12-15(23)13-20(22)26/h9,11,14-19,22,25H,4-8,10,12-13H2,1-3H3,(H,27,28)/t14-,15?,16-,17?,18?,19?,22?,23+,24-/m1/s1. The van der Waals surface area contributed by atoms with Crippen LogP contribution in [0.15, 0.2) is 12.2 Å². The van der Waals surface area contributed by atoms with Crippen molar-refractivity contribution in [2.75, 3.05) is 0 Å². The van der Waals surface area contributed by atoms with Crippen LogP contribution in [0.5, 0.6) is 0 Å². The Balaban J connectivity index is 1.62. The van der Waals surface area contributed by atoms with Gasteiger partial charge in [0.05, 0.1) is 6.10 Å². The van der Waals surface area contributed by atoms with E-state index in [1.54, 1.807) is 0 Å². The number of rotatable bonds is 4. The van der Waals surface area contributed by atoms with Gasteiger partial charge in [0.15, 0.2) is 0 Å². The number of hydrogen-bond acceptors (Lipinski definition) is 3. The molecular formula is C24H36O4. The Morgan fingerprint density at radius 2 is 2.04 bits per heavy atom. The fourth-order valence-corrected chi connectivity index (χ4v) is 7.79. The molecule has 0 aliphatic heterocycles. The Labute approximate surface area is 168 Å². The molecule has 3 fully saturated rings. The molecule has 28 heavy (non-hydrogen) atoms. The zero-order valence-electron chi connectivity index (χ0n) is 17.6. The number of fused-ring (bicyclic) bond motifs is 5. The first-order chi connectivity index (χ1) is 13.2. The van der Waals surface area contributed by atoms with E-state index in [0.717, 1.165) is 38.5 Å². The fourth-order valence-electron chi connectivity index (χ4n) is 7.79. The summed E-state index contributed by atoms with van der Waals surface area (Å²) in [5, 5.41) is 19.2. The molecule has 0 radical (unpaired) electrons. The van der Waals surface area contributed by atoms with Gasteiger partial charge in [0.2, 0.25) is 0 Å². The number of allylic oxidation sites excluding steroid dienone is 2. The molecule has 4 rings (SSSR count). The molecule has 4 aliphatic rings. The van der Waals surface area contributed by atoms with Crippen LogP contribution in [-0.4, -0.2) is 28.1 Å². The van der Waals surface area contributed by atoms with Gasteiger partial charge < -0.3 is 10.2 Å². The largest absolute Gasteiger partial charge is 0.481 e. The molecule has 0 aromatic rings. The topological polar surface area (TPSA) is 74.6 Å². The summed E-state index contributed by atoms with van der Waals surface area (Å²) in [6, 6.07) is 0. The van der Waals surface area contributed by atoms with E-state index in [1.165, 1.54) is 0 Å². The lowest BCUT2D eigenvalue weighted by atomic mass is 9.46. The van der Waals surface area contributed by atoms with Crippen molar-refractivity contribution in [1.29, 1.82) is 0 Å². The number of carbonyl (C=O) groups is 2. The van der Waals surface area contributed by atoms with Gasteiger partial charge in [-0.2, -0.15) is 0 Å². The van der Waals surface area contributed by atoms with Gasteiger partial charge in [0.1, 0.15) is 5.78 Å². The van der Waals surface area contributed by atoms with Crippen LogP contribution in [0.1, 0.15) is 72.1 Å². The molecule has 4 aliphatic carbocycles. The molecular weight excluding hydrogens is 352 g/mol. The number of Topliss-reactive ketones (excluding diaryl/α,β-unsaturated/α-hetero) is 1. The van der Waals surface area contributed by atoms with Gasteiger partial charge in [-0.3, -0.25) is 9.59 Å². The van der Waals surface area contributed by atoms with E-state index in [-0.39, 0.29) is 29.3 Å². The smallest absolute Gasteiger partial charge is 0.303 e. The highest BCUT2D eigenvalue weighted by Crippen LogP contribution is 2.65. The van der Waals surface area contributed by atoms with Crippen LogP contribution in [-0.2, 0) is 9.59 Å². The molecule has 0 spiro atoms. The minimum absolute atomic E-state index is 0.00608. The van der Waals surface area contributed by atoms with Crippen LogP contribution in [0.25, 0.3) is 0 Å². The van der Waals surface area contributed by atoms with Crippen LogP contribution in [0.3, 0.4) is 0 Å². The van der Waals surface area contributed by atoms with Crippen molar-refractivity contribution < 1.29 is 19.8 Å². The second-order valence-corrected chi connectivity index (χ2v) is 10.8. The third kappa shape index (κ3) is 2.98. The summed E-state index contributed by atoms with van der Waals surface area (Å²) in [5.41, 5.74) is 0.134. The summed E-state index contributed by atoms with van der Waals surface area (Å²) >= 11 is 0. The van der Waals surface area contributed by atoms with Crippen molar-refractivity contribution in [3.05, 3.63) is 12.2 Å². The van der Waals surface area contributed by atoms with Crippen molar-refractivity contribution in [3.63, 3.8) is 0 Å². The number of aliphatic hydroxyl groups is 1. The molecule has 4 heteroatoms. The number of carboxylic acids is 1. The molecule has 3 saturated carbocycles. The Kier molecular flexibility index (Phi) is 5.01. The molecule has 0 bridgehead atoms. The molecule has 4 nitrogen and oxygen atoms in total. The quantitative estimate of drug-likeness (QED) is 0.697. The normalized spacial score (nSPS) is 48.5. The summed E-state index contributed by atoms with van der Waals surface area (Å²) in [5.74, 6) is 1.63. The monoisotopic (exact) mass is 388 g/mol. The van der Waals surface area contributed by atoms with Crippen LogP contribution < -0.4 is 0 Å². The van der Waals surface area contributed by atoms with Gasteiger partial charge in [-0.05, 0) is 78.9 Å². The van der Waals surface area contributed by atoms with E-state index in [1.807, 2.05) is 0 Å². The molecule has 5 unspecified atom stereocenters. The predicted octanol–water partition coefficient (Wildman–Crippen LogP) is 4.46. The Hall–Kier alpha value is -1.16. The first-order valence-electron chi connectivity index (χ1n) is 11.3. The highest BCUT2D eigenvalue weighted by atomic mass is 16.4. The Morgan fingerprint density at radius 1 is 1.29 bits per heavy atom. The van der Waals surface area contributed by atoms with E-state index in [0.29, 0.717) is 41.8 Å². The lowest BCUT2D eigenvalue weighted by Crippen LogP contribution is -2.55. The third-order valence-corrected chi connectivity index (χ3v) is 9.46. The third-order valence-electron chi connectivity index (χ3n) is 9.46. The molecule has 156 valence electrons. The SMILES string of the molecule is C[C@H](CCC(=O)O)C1CCC2C3C(=O)CC4C[C@H](O)CC[C@]4(C)C3C=C[C@@]21C. The Bertz CT molecular complexity index is 684. The van der Waals surface area contributed by atoms with Crippen molar-refractivity contribution in [1.82, 2.24) is 0 Å². The van der Waals surface area contributed by atoms with E-state index in [9.17, 15) is 14.7 Å². The van der Waals surface area contributed by atoms with Gasteiger partial charge in [0.25, 0.3) is 0 Å². The second kappa shape index (κ2) is 6.97. The lowest BCUT2D eigenvalue weighted by molar-refractivity contribution is -0.146. The van der Waals surface area contributed by atoms with Gasteiger partial charge in [-0.15, -0.1) is 0 Å². The summed E-state index contributed by atoms with van der Waals surface area (Å²) in [6.45, 7) is 6.89. The minimum atomic E-state index is -0.716. The maximum absolute atomic E-state index is 13.3. The summed E-state index contributed by atoms with van der Waals surface area (Å²) in [6.07, 6.45) is 10.9. The molecule has 0 heterocycles. The first kappa shape index (κ1) is 20.1. The summed E-state index contributed by atoms with van der Waals surface area (Å²) in [4.78, 5) is 24.3. The molecule has 2 N–H and O–H groups in total. The average molecular weight is 389 g/mol. The Morgan fingerprint density at radius 3 is 2.75 bits per heavy atom. The zero-order chi connectivity index (χ0) is 20.3. The molecule has 0 amide bonds. The first-order valence-corrected chi connectivity index (χ1v) is 11.3. The van der Waals surface area contributed by atoms with Crippen molar-refractivity contribution in [2.45, 2.75) is 78.2 Å². The molecule has 0 aromatic heterocycles. The molecule has 9 atom stereocenters. The van der Waals surface area contributed by atoms with Crippen LogP contribution in [0.2, 0.25) is 0 Å². The summed E-state index contributed by atoms with van der Waals surface area (Å²) < 4.78 is 0.